The third kappa shape index (κ3) is 7.56. The van der Waals surface area contributed by atoms with Crippen LogP contribution in [0.1, 0.15) is 50.2 Å². The Morgan fingerprint density at radius 3 is 2.47 bits per heavy atom. The van der Waals surface area contributed by atoms with Gasteiger partial charge in [-0.1, -0.05) is 79.4 Å². The van der Waals surface area contributed by atoms with Gasteiger partial charge in [0.2, 0.25) is 11.8 Å². The number of hydrogen-bond acceptors (Lipinski definition) is 3. The van der Waals surface area contributed by atoms with Gasteiger partial charge in [0, 0.05) is 23.4 Å². The molecule has 1 aliphatic rings. The number of amides is 2. The van der Waals surface area contributed by atoms with E-state index < -0.39 is 6.04 Å². The minimum atomic E-state index is -0.492. The van der Waals surface area contributed by atoms with Crippen molar-refractivity contribution in [3.05, 3.63) is 70.7 Å². The van der Waals surface area contributed by atoms with E-state index in [0.29, 0.717) is 23.1 Å². The zero-order chi connectivity index (χ0) is 22.8. The van der Waals surface area contributed by atoms with Crippen LogP contribution in [0, 0.1) is 0 Å². The number of hydrogen-bond donors (Lipinski definition) is 1. The fourth-order valence-corrected chi connectivity index (χ4v) is 5.28. The summed E-state index contributed by atoms with van der Waals surface area (Å²) in [5, 5.41) is 3.90. The van der Waals surface area contributed by atoms with Gasteiger partial charge in [-0.3, -0.25) is 9.59 Å². The first-order valence-electron chi connectivity index (χ1n) is 11.5. The quantitative estimate of drug-likeness (QED) is 0.498. The molecule has 0 aromatic heterocycles. The molecule has 3 rings (SSSR count). The lowest BCUT2D eigenvalue weighted by molar-refractivity contribution is -0.138. The fraction of sp³-hybridized carbons (Fsp3) is 0.462. The first-order chi connectivity index (χ1) is 15.5. The van der Waals surface area contributed by atoms with Crippen LogP contribution in [0.25, 0.3) is 0 Å². The van der Waals surface area contributed by atoms with Crippen LogP contribution in [0.2, 0.25) is 5.02 Å². The molecule has 0 saturated heterocycles. The van der Waals surface area contributed by atoms with Crippen molar-refractivity contribution in [3.63, 3.8) is 0 Å². The van der Waals surface area contributed by atoms with Gasteiger partial charge in [0.1, 0.15) is 6.04 Å². The van der Waals surface area contributed by atoms with E-state index in [-0.39, 0.29) is 17.9 Å². The van der Waals surface area contributed by atoms with Crippen molar-refractivity contribution < 1.29 is 9.59 Å². The standard InChI is InChI=1S/C26H33ClN2O2S/c1-20(26(31)28-23-13-6-3-7-14-23)29(17-16-21-10-4-2-5-11-21)25(30)19-32-18-22-12-8-9-15-24(22)27/h2,4-5,8-12,15,20,23H,3,6-7,13-14,16-19H2,1H3,(H,28,31)/t20-/m0/s1. The summed E-state index contributed by atoms with van der Waals surface area (Å²) in [7, 11) is 0. The van der Waals surface area contributed by atoms with Gasteiger partial charge >= 0.3 is 0 Å². The first-order valence-corrected chi connectivity index (χ1v) is 13.0. The topological polar surface area (TPSA) is 49.4 Å². The molecule has 0 heterocycles. The van der Waals surface area contributed by atoms with Crippen molar-refractivity contribution in [2.24, 2.45) is 0 Å². The van der Waals surface area contributed by atoms with Crippen molar-refractivity contribution in [1.29, 1.82) is 0 Å². The highest BCUT2D eigenvalue weighted by Gasteiger charge is 2.27. The number of nitrogens with zero attached hydrogens (tertiary/aromatic N) is 1. The summed E-state index contributed by atoms with van der Waals surface area (Å²) in [5.41, 5.74) is 2.18. The molecule has 1 aliphatic carbocycles. The van der Waals surface area contributed by atoms with E-state index in [2.05, 4.69) is 17.4 Å². The van der Waals surface area contributed by atoms with Crippen molar-refractivity contribution >= 4 is 35.2 Å². The number of rotatable bonds is 10. The van der Waals surface area contributed by atoms with Crippen LogP contribution >= 0.6 is 23.4 Å². The van der Waals surface area contributed by atoms with E-state index in [1.54, 1.807) is 4.90 Å². The van der Waals surface area contributed by atoms with Gasteiger partial charge in [-0.2, -0.15) is 0 Å². The molecule has 1 atom stereocenters. The molecule has 32 heavy (non-hydrogen) atoms. The van der Waals surface area contributed by atoms with E-state index in [9.17, 15) is 9.59 Å². The second-order valence-corrected chi connectivity index (χ2v) is 9.82. The predicted molar refractivity (Wildman–Crippen MR) is 134 cm³/mol. The zero-order valence-electron chi connectivity index (χ0n) is 18.8. The molecule has 172 valence electrons. The average Bonchev–Trinajstić information content (AvgIpc) is 2.81. The van der Waals surface area contributed by atoms with Crippen LogP contribution in [-0.4, -0.2) is 41.1 Å². The highest BCUT2D eigenvalue weighted by Crippen LogP contribution is 2.22. The van der Waals surface area contributed by atoms with Crippen molar-refractivity contribution in [2.45, 2.75) is 63.3 Å². The maximum Gasteiger partial charge on any atom is 0.242 e. The second-order valence-electron chi connectivity index (χ2n) is 8.43. The summed E-state index contributed by atoms with van der Waals surface area (Å²) >= 11 is 7.78. The molecular weight excluding hydrogens is 440 g/mol. The van der Waals surface area contributed by atoms with Gasteiger partial charge in [-0.15, -0.1) is 11.8 Å². The summed E-state index contributed by atoms with van der Waals surface area (Å²) in [6.45, 7) is 2.37. The zero-order valence-corrected chi connectivity index (χ0v) is 20.3. The third-order valence-corrected chi connectivity index (χ3v) is 7.38. The van der Waals surface area contributed by atoms with Crippen LogP contribution in [0.5, 0.6) is 0 Å². The molecule has 4 nitrogen and oxygen atoms in total. The van der Waals surface area contributed by atoms with Gasteiger partial charge in [0.05, 0.1) is 5.75 Å². The molecule has 1 N–H and O–H groups in total. The number of carbonyl (C=O) groups is 2. The second kappa shape index (κ2) is 12.9. The maximum absolute atomic E-state index is 13.2. The van der Waals surface area contributed by atoms with Crippen LogP contribution in [-0.2, 0) is 21.8 Å². The molecule has 6 heteroatoms. The SMILES string of the molecule is C[C@@H](C(=O)NC1CCCCC1)N(CCc1ccccc1)C(=O)CSCc1ccccc1Cl. The van der Waals surface area contributed by atoms with Gasteiger partial charge in [-0.25, -0.2) is 0 Å². The molecule has 2 aromatic rings. The molecule has 0 unspecified atom stereocenters. The van der Waals surface area contributed by atoms with Gasteiger partial charge in [0.25, 0.3) is 0 Å². The lowest BCUT2D eigenvalue weighted by Crippen LogP contribution is -2.51. The lowest BCUT2D eigenvalue weighted by Gasteiger charge is -2.31. The Morgan fingerprint density at radius 2 is 1.75 bits per heavy atom. The summed E-state index contributed by atoms with van der Waals surface area (Å²) in [5.74, 6) is 0.931. The summed E-state index contributed by atoms with van der Waals surface area (Å²) in [6.07, 6.45) is 6.35. The number of carbonyl (C=O) groups excluding carboxylic acids is 2. The molecule has 0 bridgehead atoms. The Bertz CT molecular complexity index is 871. The van der Waals surface area contributed by atoms with Crippen LogP contribution in [0.3, 0.4) is 0 Å². The lowest BCUT2D eigenvalue weighted by atomic mass is 9.95. The Morgan fingerprint density at radius 1 is 1.06 bits per heavy atom. The van der Waals surface area contributed by atoms with Crippen LogP contribution < -0.4 is 5.32 Å². The average molecular weight is 473 g/mol. The fourth-order valence-electron chi connectivity index (χ4n) is 4.09. The monoisotopic (exact) mass is 472 g/mol. The molecule has 0 spiro atoms. The normalized spacial score (nSPS) is 15.2. The Labute approximate surface area is 201 Å². The van der Waals surface area contributed by atoms with E-state index in [1.165, 1.54) is 18.2 Å². The molecule has 1 saturated carbocycles. The molecule has 0 radical (unpaired) electrons. The van der Waals surface area contributed by atoms with E-state index >= 15 is 0 Å². The largest absolute Gasteiger partial charge is 0.352 e. The third-order valence-electron chi connectivity index (χ3n) is 6.04. The van der Waals surface area contributed by atoms with Crippen LogP contribution in [0.15, 0.2) is 54.6 Å². The number of halogens is 1. The van der Waals surface area contributed by atoms with E-state index in [4.69, 9.17) is 11.6 Å². The van der Waals surface area contributed by atoms with E-state index in [1.807, 2.05) is 49.4 Å². The van der Waals surface area contributed by atoms with Gasteiger partial charge < -0.3 is 10.2 Å². The van der Waals surface area contributed by atoms with Crippen LogP contribution in [0.4, 0.5) is 0 Å². The number of thioether (sulfide) groups is 1. The Hall–Kier alpha value is -1.98. The van der Waals surface area contributed by atoms with Crippen molar-refractivity contribution in [2.75, 3.05) is 12.3 Å². The molecular formula is C26H33ClN2O2S. The highest BCUT2D eigenvalue weighted by molar-refractivity contribution is 7.99. The number of nitrogens with one attached hydrogen (secondary N) is 1. The van der Waals surface area contributed by atoms with Gasteiger partial charge in [-0.05, 0) is 43.4 Å². The predicted octanol–water partition coefficient (Wildman–Crippen LogP) is 5.48. The highest BCUT2D eigenvalue weighted by atomic mass is 35.5. The summed E-state index contributed by atoms with van der Waals surface area (Å²) in [4.78, 5) is 27.9. The van der Waals surface area contributed by atoms with Gasteiger partial charge in [0.15, 0.2) is 0 Å². The molecule has 1 fully saturated rings. The Kier molecular flexibility index (Phi) is 9.94. The van der Waals surface area contributed by atoms with Crippen molar-refractivity contribution in [3.8, 4) is 0 Å². The van der Waals surface area contributed by atoms with Crippen molar-refractivity contribution in [1.82, 2.24) is 10.2 Å². The smallest absolute Gasteiger partial charge is 0.242 e. The number of benzene rings is 2. The first kappa shape index (κ1) is 24.7. The minimum absolute atomic E-state index is 0.00993. The Balaban J connectivity index is 1.60. The molecule has 2 aromatic carbocycles. The summed E-state index contributed by atoms with van der Waals surface area (Å²) in [6, 6.07) is 17.5. The maximum atomic E-state index is 13.2. The molecule has 2 amide bonds. The van der Waals surface area contributed by atoms with E-state index in [0.717, 1.165) is 43.2 Å². The molecule has 0 aliphatic heterocycles. The summed E-state index contributed by atoms with van der Waals surface area (Å²) < 4.78 is 0. The minimum Gasteiger partial charge on any atom is -0.352 e.